The van der Waals surface area contributed by atoms with Gasteiger partial charge in [0.15, 0.2) is 0 Å². The van der Waals surface area contributed by atoms with E-state index in [4.69, 9.17) is 4.74 Å². The van der Waals surface area contributed by atoms with Gasteiger partial charge >= 0.3 is 5.97 Å². The number of aromatic nitrogens is 1. The molecule has 5 heteroatoms. The van der Waals surface area contributed by atoms with Gasteiger partial charge in [0.2, 0.25) is 0 Å². The molecule has 0 aromatic carbocycles. The smallest absolute Gasteiger partial charge is 0.309 e. The first-order chi connectivity index (χ1) is 8.61. The minimum atomic E-state index is -0.159. The van der Waals surface area contributed by atoms with Gasteiger partial charge in [-0.3, -0.25) is 9.59 Å². The number of rotatable bonds is 3. The van der Waals surface area contributed by atoms with Gasteiger partial charge in [0.25, 0.3) is 5.56 Å². The van der Waals surface area contributed by atoms with Crippen LogP contribution < -0.4 is 5.56 Å². The summed E-state index contributed by atoms with van der Waals surface area (Å²) in [6.45, 7) is 1.85. The summed E-state index contributed by atoms with van der Waals surface area (Å²) < 4.78 is 4.81. The Hall–Kier alpha value is -1.23. The third kappa shape index (κ3) is 2.77. The van der Waals surface area contributed by atoms with Gasteiger partial charge in [0.05, 0.1) is 17.9 Å². The van der Waals surface area contributed by atoms with Crippen LogP contribution in [0.1, 0.15) is 25.0 Å². The van der Waals surface area contributed by atoms with E-state index >= 15 is 0 Å². The lowest BCUT2D eigenvalue weighted by atomic mass is 10.1. The van der Waals surface area contributed by atoms with Crippen molar-refractivity contribution in [3.05, 3.63) is 28.2 Å². The number of carbonyl (C=O) groups is 1. The molecular formula is C13H17NO3S. The van der Waals surface area contributed by atoms with Gasteiger partial charge in [-0.25, -0.2) is 0 Å². The number of esters is 1. The molecule has 0 spiro atoms. The molecule has 0 saturated heterocycles. The van der Waals surface area contributed by atoms with Crippen LogP contribution in [0, 0.1) is 12.8 Å². The second-order valence-corrected chi connectivity index (χ2v) is 5.83. The Balaban J connectivity index is 2.13. The van der Waals surface area contributed by atoms with Crippen molar-refractivity contribution >= 4 is 17.7 Å². The highest BCUT2D eigenvalue weighted by Gasteiger charge is 2.34. The van der Waals surface area contributed by atoms with Crippen molar-refractivity contribution in [3.63, 3.8) is 0 Å². The van der Waals surface area contributed by atoms with Crippen molar-refractivity contribution in [2.24, 2.45) is 5.92 Å². The zero-order chi connectivity index (χ0) is 13.1. The van der Waals surface area contributed by atoms with E-state index in [0.717, 1.165) is 25.0 Å². The molecule has 0 amide bonds. The molecule has 4 nitrogen and oxygen atoms in total. The number of nitrogens with one attached hydrogen (secondary N) is 1. The number of hydrogen-bond acceptors (Lipinski definition) is 4. The fourth-order valence-corrected chi connectivity index (χ4v) is 3.63. The van der Waals surface area contributed by atoms with Crippen LogP contribution >= 0.6 is 11.8 Å². The molecular weight excluding hydrogens is 250 g/mol. The maximum Gasteiger partial charge on any atom is 0.309 e. The van der Waals surface area contributed by atoms with E-state index in [-0.39, 0.29) is 22.7 Å². The van der Waals surface area contributed by atoms with E-state index < -0.39 is 0 Å². The van der Waals surface area contributed by atoms with Crippen molar-refractivity contribution in [3.8, 4) is 0 Å². The third-order valence-electron chi connectivity index (χ3n) is 3.25. The van der Waals surface area contributed by atoms with Crippen LogP contribution in [0.25, 0.3) is 0 Å². The second kappa shape index (κ2) is 5.61. The van der Waals surface area contributed by atoms with Gasteiger partial charge < -0.3 is 9.72 Å². The Labute approximate surface area is 110 Å². The van der Waals surface area contributed by atoms with Gasteiger partial charge in [-0.15, -0.1) is 11.8 Å². The molecule has 2 rings (SSSR count). The van der Waals surface area contributed by atoms with Crippen LogP contribution in [0.5, 0.6) is 0 Å². The molecule has 1 saturated carbocycles. The first kappa shape index (κ1) is 13.2. The van der Waals surface area contributed by atoms with E-state index in [1.807, 2.05) is 19.1 Å². The minimum Gasteiger partial charge on any atom is -0.469 e. The normalized spacial score (nSPS) is 23.0. The number of aryl methyl sites for hydroxylation is 1. The SMILES string of the molecule is COC(=O)C1CCCC1Sc1ccc(C)[nH]c1=O. The number of hydrogen-bond donors (Lipinski definition) is 1. The molecule has 1 aromatic rings. The lowest BCUT2D eigenvalue weighted by Crippen LogP contribution is -2.23. The van der Waals surface area contributed by atoms with E-state index in [1.54, 1.807) is 0 Å². The zero-order valence-electron chi connectivity index (χ0n) is 10.6. The van der Waals surface area contributed by atoms with Crippen LogP contribution in [-0.4, -0.2) is 23.3 Å². The zero-order valence-corrected chi connectivity index (χ0v) is 11.4. The molecule has 1 aliphatic rings. The quantitative estimate of drug-likeness (QED) is 0.852. The molecule has 1 aliphatic carbocycles. The molecule has 0 aliphatic heterocycles. The summed E-state index contributed by atoms with van der Waals surface area (Å²) in [4.78, 5) is 26.9. The van der Waals surface area contributed by atoms with Gasteiger partial charge in [0.1, 0.15) is 0 Å². The van der Waals surface area contributed by atoms with E-state index in [9.17, 15) is 9.59 Å². The Bertz CT molecular complexity index is 497. The number of ether oxygens (including phenoxy) is 1. The average Bonchev–Trinajstić information content (AvgIpc) is 2.80. The van der Waals surface area contributed by atoms with Crippen LogP contribution in [0.3, 0.4) is 0 Å². The summed E-state index contributed by atoms with van der Waals surface area (Å²) in [6, 6.07) is 3.71. The molecule has 1 fully saturated rings. The molecule has 1 N–H and O–H groups in total. The number of H-pyrrole nitrogens is 1. The van der Waals surface area contributed by atoms with Gasteiger partial charge in [-0.05, 0) is 31.9 Å². The Morgan fingerprint density at radius 1 is 1.44 bits per heavy atom. The average molecular weight is 267 g/mol. The highest BCUT2D eigenvalue weighted by molar-refractivity contribution is 8.00. The standard InChI is InChI=1S/C13H17NO3S/c1-8-6-7-11(12(15)14-8)18-10-5-3-4-9(10)13(16)17-2/h6-7,9-10H,3-5H2,1-2H3,(H,14,15). The molecule has 1 aromatic heterocycles. The second-order valence-electron chi connectivity index (χ2n) is 4.55. The van der Waals surface area contributed by atoms with E-state index in [1.165, 1.54) is 18.9 Å². The summed E-state index contributed by atoms with van der Waals surface area (Å²) in [5.74, 6) is -0.241. The Morgan fingerprint density at radius 2 is 2.22 bits per heavy atom. The van der Waals surface area contributed by atoms with Gasteiger partial charge in [0, 0.05) is 10.9 Å². The highest BCUT2D eigenvalue weighted by atomic mass is 32.2. The van der Waals surface area contributed by atoms with Crippen LogP contribution in [0.15, 0.2) is 21.8 Å². The summed E-state index contributed by atoms with van der Waals surface area (Å²) in [5.41, 5.74) is 0.774. The third-order valence-corrected chi connectivity index (χ3v) is 4.70. The van der Waals surface area contributed by atoms with Gasteiger partial charge in [-0.2, -0.15) is 0 Å². The molecule has 98 valence electrons. The molecule has 2 atom stereocenters. The first-order valence-corrected chi connectivity index (χ1v) is 6.94. The van der Waals surface area contributed by atoms with Crippen LogP contribution in [-0.2, 0) is 9.53 Å². The molecule has 0 bridgehead atoms. The van der Waals surface area contributed by atoms with Crippen LogP contribution in [0.2, 0.25) is 0 Å². The number of aromatic amines is 1. The van der Waals surface area contributed by atoms with Crippen molar-refractivity contribution in [2.75, 3.05) is 7.11 Å². The fraction of sp³-hybridized carbons (Fsp3) is 0.538. The fourth-order valence-electron chi connectivity index (χ4n) is 2.30. The number of carbonyl (C=O) groups excluding carboxylic acids is 1. The first-order valence-electron chi connectivity index (χ1n) is 6.06. The Kier molecular flexibility index (Phi) is 4.11. The van der Waals surface area contributed by atoms with Crippen LogP contribution in [0.4, 0.5) is 0 Å². The number of pyridine rings is 1. The molecule has 1 heterocycles. The highest BCUT2D eigenvalue weighted by Crippen LogP contribution is 2.38. The maximum atomic E-state index is 11.8. The largest absolute Gasteiger partial charge is 0.469 e. The van der Waals surface area contributed by atoms with E-state index in [2.05, 4.69) is 4.98 Å². The summed E-state index contributed by atoms with van der Waals surface area (Å²) in [6.07, 6.45) is 2.83. The van der Waals surface area contributed by atoms with Crippen molar-refractivity contribution in [1.82, 2.24) is 4.98 Å². The number of thioether (sulfide) groups is 1. The van der Waals surface area contributed by atoms with Gasteiger partial charge in [-0.1, -0.05) is 6.42 Å². The predicted octanol–water partition coefficient (Wildman–Crippen LogP) is 2.12. The van der Waals surface area contributed by atoms with Crippen molar-refractivity contribution < 1.29 is 9.53 Å². The Morgan fingerprint density at radius 3 is 2.89 bits per heavy atom. The van der Waals surface area contributed by atoms with Crippen molar-refractivity contribution in [1.29, 1.82) is 0 Å². The maximum absolute atomic E-state index is 11.8. The molecule has 2 unspecified atom stereocenters. The summed E-state index contributed by atoms with van der Waals surface area (Å²) in [5, 5.41) is 0.154. The summed E-state index contributed by atoms with van der Waals surface area (Å²) >= 11 is 1.49. The molecule has 0 radical (unpaired) electrons. The minimum absolute atomic E-state index is 0.0736. The lowest BCUT2D eigenvalue weighted by Gasteiger charge is -2.16. The predicted molar refractivity (Wildman–Crippen MR) is 70.8 cm³/mol. The van der Waals surface area contributed by atoms with E-state index in [0.29, 0.717) is 4.90 Å². The molecule has 18 heavy (non-hydrogen) atoms. The monoisotopic (exact) mass is 267 g/mol. The topological polar surface area (TPSA) is 59.2 Å². The number of methoxy groups -OCH3 is 1. The lowest BCUT2D eigenvalue weighted by molar-refractivity contribution is -0.144. The summed E-state index contributed by atoms with van der Waals surface area (Å²) in [7, 11) is 1.42. The van der Waals surface area contributed by atoms with Crippen molar-refractivity contribution in [2.45, 2.75) is 36.3 Å².